The van der Waals surface area contributed by atoms with Gasteiger partial charge in [-0.25, -0.2) is 0 Å². The molecule has 1 aromatic carbocycles. The van der Waals surface area contributed by atoms with E-state index in [9.17, 15) is 14.9 Å². The zero-order valence-electron chi connectivity index (χ0n) is 10.7. The minimum absolute atomic E-state index is 0.0867. The second kappa shape index (κ2) is 5.79. The van der Waals surface area contributed by atoms with Gasteiger partial charge in [-0.3, -0.25) is 19.9 Å². The zero-order chi connectivity index (χ0) is 14.7. The molecule has 0 fully saturated rings. The maximum absolute atomic E-state index is 12.3. The second-order valence-corrected chi connectivity index (χ2v) is 4.73. The number of nitrogens with zero attached hydrogens (tertiary/aromatic N) is 2. The van der Waals surface area contributed by atoms with Gasteiger partial charge in [0, 0.05) is 36.5 Å². The number of aryl methyl sites for hydroxylation is 1. The van der Waals surface area contributed by atoms with Gasteiger partial charge in [-0.2, -0.15) is 0 Å². The summed E-state index contributed by atoms with van der Waals surface area (Å²) in [5, 5.41) is 11.2. The lowest BCUT2D eigenvalue weighted by molar-refractivity contribution is -0.384. The molecule has 0 aliphatic rings. The van der Waals surface area contributed by atoms with Crippen LogP contribution in [0.4, 0.5) is 5.69 Å². The SMILES string of the molecule is Cc1ccc([N+](=O)[O-])cc1C(=O)Cc1ccncc1Cl. The predicted octanol–water partition coefficient (Wildman–Crippen LogP) is 3.38. The van der Waals surface area contributed by atoms with Crippen molar-refractivity contribution in [2.24, 2.45) is 0 Å². The lowest BCUT2D eigenvalue weighted by atomic mass is 9.99. The fourth-order valence-electron chi connectivity index (χ4n) is 1.84. The van der Waals surface area contributed by atoms with Gasteiger partial charge in [0.15, 0.2) is 5.78 Å². The number of non-ortho nitro benzene ring substituents is 1. The van der Waals surface area contributed by atoms with E-state index in [0.29, 0.717) is 21.7 Å². The van der Waals surface area contributed by atoms with Crippen molar-refractivity contribution in [3.8, 4) is 0 Å². The molecule has 0 amide bonds. The van der Waals surface area contributed by atoms with E-state index in [4.69, 9.17) is 11.6 Å². The van der Waals surface area contributed by atoms with Crippen LogP contribution in [0.2, 0.25) is 5.02 Å². The van der Waals surface area contributed by atoms with Crippen LogP contribution in [-0.4, -0.2) is 15.7 Å². The highest BCUT2D eigenvalue weighted by Gasteiger charge is 2.16. The van der Waals surface area contributed by atoms with E-state index in [2.05, 4.69) is 4.98 Å². The highest BCUT2D eigenvalue weighted by Crippen LogP contribution is 2.21. The number of carbonyl (C=O) groups excluding carboxylic acids is 1. The van der Waals surface area contributed by atoms with Gasteiger partial charge in [0.1, 0.15) is 0 Å². The summed E-state index contributed by atoms with van der Waals surface area (Å²) in [5.74, 6) is -0.209. The van der Waals surface area contributed by atoms with Crippen molar-refractivity contribution in [3.63, 3.8) is 0 Å². The summed E-state index contributed by atoms with van der Waals surface area (Å²) in [7, 11) is 0. The minimum atomic E-state index is -0.518. The van der Waals surface area contributed by atoms with E-state index in [-0.39, 0.29) is 17.9 Å². The summed E-state index contributed by atoms with van der Waals surface area (Å²) in [5.41, 5.74) is 1.59. The Balaban J connectivity index is 2.32. The number of hydrogen-bond donors (Lipinski definition) is 0. The maximum atomic E-state index is 12.3. The molecule has 0 atom stereocenters. The molecule has 0 radical (unpaired) electrons. The van der Waals surface area contributed by atoms with Gasteiger partial charge in [0.05, 0.1) is 9.95 Å². The Kier molecular flexibility index (Phi) is 4.10. The molecule has 6 heteroatoms. The smallest absolute Gasteiger partial charge is 0.270 e. The van der Waals surface area contributed by atoms with Crippen LogP contribution in [0.3, 0.4) is 0 Å². The van der Waals surface area contributed by atoms with Crippen LogP contribution < -0.4 is 0 Å². The predicted molar refractivity (Wildman–Crippen MR) is 75.1 cm³/mol. The van der Waals surface area contributed by atoms with E-state index in [1.807, 2.05) is 0 Å². The fourth-order valence-corrected chi connectivity index (χ4v) is 2.03. The summed E-state index contributed by atoms with van der Waals surface area (Å²) >= 11 is 5.95. The average molecular weight is 291 g/mol. The third-order valence-electron chi connectivity index (χ3n) is 2.94. The van der Waals surface area contributed by atoms with Gasteiger partial charge in [0.2, 0.25) is 0 Å². The monoisotopic (exact) mass is 290 g/mol. The number of pyridine rings is 1. The van der Waals surface area contributed by atoms with Crippen molar-refractivity contribution < 1.29 is 9.72 Å². The van der Waals surface area contributed by atoms with Crippen molar-refractivity contribution in [3.05, 3.63) is 68.5 Å². The van der Waals surface area contributed by atoms with Crippen LogP contribution in [0.5, 0.6) is 0 Å². The molecule has 1 aromatic heterocycles. The number of halogens is 1. The van der Waals surface area contributed by atoms with Crippen LogP contribution in [0, 0.1) is 17.0 Å². The molecule has 0 aliphatic carbocycles. The molecule has 0 N–H and O–H groups in total. The highest BCUT2D eigenvalue weighted by atomic mass is 35.5. The molecule has 2 rings (SSSR count). The summed E-state index contributed by atoms with van der Waals surface area (Å²) in [6.07, 6.45) is 3.10. The molecule has 102 valence electrons. The van der Waals surface area contributed by atoms with E-state index in [1.165, 1.54) is 18.3 Å². The van der Waals surface area contributed by atoms with Crippen molar-refractivity contribution in [1.29, 1.82) is 0 Å². The Labute approximate surface area is 120 Å². The Hall–Kier alpha value is -2.27. The first-order valence-corrected chi connectivity index (χ1v) is 6.23. The molecular formula is C14H11ClN2O3. The van der Waals surface area contributed by atoms with Gasteiger partial charge in [-0.1, -0.05) is 17.7 Å². The van der Waals surface area contributed by atoms with Crippen molar-refractivity contribution >= 4 is 23.1 Å². The second-order valence-electron chi connectivity index (χ2n) is 4.32. The van der Waals surface area contributed by atoms with E-state index < -0.39 is 4.92 Å². The molecule has 1 heterocycles. The molecule has 0 spiro atoms. The van der Waals surface area contributed by atoms with Crippen molar-refractivity contribution in [2.75, 3.05) is 0 Å². The van der Waals surface area contributed by atoms with Crippen LogP contribution in [0.15, 0.2) is 36.7 Å². The number of nitro benzene ring substituents is 1. The van der Waals surface area contributed by atoms with Gasteiger partial charge < -0.3 is 0 Å². The molecule has 20 heavy (non-hydrogen) atoms. The number of benzene rings is 1. The quantitative estimate of drug-likeness (QED) is 0.491. The maximum Gasteiger partial charge on any atom is 0.270 e. The third-order valence-corrected chi connectivity index (χ3v) is 3.28. The Bertz CT molecular complexity index is 686. The summed E-state index contributed by atoms with van der Waals surface area (Å²) in [6.45, 7) is 1.74. The molecule has 0 saturated heterocycles. The van der Waals surface area contributed by atoms with Crippen LogP contribution >= 0.6 is 11.6 Å². The van der Waals surface area contributed by atoms with Gasteiger partial charge in [-0.15, -0.1) is 0 Å². The largest absolute Gasteiger partial charge is 0.294 e. The lowest BCUT2D eigenvalue weighted by Gasteiger charge is -2.06. The van der Waals surface area contributed by atoms with E-state index in [0.717, 1.165) is 0 Å². The lowest BCUT2D eigenvalue weighted by Crippen LogP contribution is -2.07. The van der Waals surface area contributed by atoms with Gasteiger partial charge in [-0.05, 0) is 24.1 Å². The minimum Gasteiger partial charge on any atom is -0.294 e. The van der Waals surface area contributed by atoms with Crippen LogP contribution in [0.1, 0.15) is 21.5 Å². The number of Topliss-reactive ketones (excluding diaryl/α,β-unsaturated/α-hetero) is 1. The number of nitro groups is 1. The number of carbonyl (C=O) groups is 1. The standard InChI is InChI=1S/C14H11ClN2O3/c1-9-2-3-11(17(19)20)7-12(9)14(18)6-10-4-5-16-8-13(10)15/h2-5,7-8H,6H2,1H3. The number of hydrogen-bond acceptors (Lipinski definition) is 4. The van der Waals surface area contributed by atoms with E-state index >= 15 is 0 Å². The molecular weight excluding hydrogens is 280 g/mol. The summed E-state index contributed by atoms with van der Waals surface area (Å²) in [4.78, 5) is 26.4. The summed E-state index contributed by atoms with van der Waals surface area (Å²) < 4.78 is 0. The number of rotatable bonds is 4. The molecule has 5 nitrogen and oxygen atoms in total. The van der Waals surface area contributed by atoms with Crippen molar-refractivity contribution in [1.82, 2.24) is 4.98 Å². The van der Waals surface area contributed by atoms with Crippen LogP contribution in [-0.2, 0) is 6.42 Å². The average Bonchev–Trinajstić information content (AvgIpc) is 2.41. The third kappa shape index (κ3) is 3.00. The topological polar surface area (TPSA) is 73.1 Å². The first kappa shape index (κ1) is 14.1. The van der Waals surface area contributed by atoms with Gasteiger partial charge in [0.25, 0.3) is 5.69 Å². The summed E-state index contributed by atoms with van der Waals surface area (Å²) in [6, 6.07) is 5.91. The molecule has 0 aliphatic heterocycles. The van der Waals surface area contributed by atoms with Gasteiger partial charge >= 0.3 is 0 Å². The highest BCUT2D eigenvalue weighted by molar-refractivity contribution is 6.31. The first-order valence-electron chi connectivity index (χ1n) is 5.85. The Morgan fingerprint density at radius 3 is 2.80 bits per heavy atom. The molecule has 0 saturated carbocycles. The zero-order valence-corrected chi connectivity index (χ0v) is 11.4. The normalized spacial score (nSPS) is 10.3. The molecule has 2 aromatic rings. The molecule has 0 unspecified atom stereocenters. The number of ketones is 1. The van der Waals surface area contributed by atoms with Crippen LogP contribution in [0.25, 0.3) is 0 Å². The first-order chi connectivity index (χ1) is 9.49. The van der Waals surface area contributed by atoms with Crippen molar-refractivity contribution in [2.45, 2.75) is 13.3 Å². The molecule has 0 bridgehead atoms. The Morgan fingerprint density at radius 1 is 1.40 bits per heavy atom. The van der Waals surface area contributed by atoms with E-state index in [1.54, 1.807) is 25.3 Å². The Morgan fingerprint density at radius 2 is 2.15 bits per heavy atom. The fraction of sp³-hybridized carbons (Fsp3) is 0.143. The number of aromatic nitrogens is 1.